The van der Waals surface area contributed by atoms with Gasteiger partial charge in [0.1, 0.15) is 0 Å². The highest BCUT2D eigenvalue weighted by molar-refractivity contribution is 8.00. The van der Waals surface area contributed by atoms with Gasteiger partial charge in [0, 0.05) is 12.3 Å². The molecule has 1 aromatic heterocycles. The first kappa shape index (κ1) is 15.3. The Hall–Kier alpha value is -1.11. The van der Waals surface area contributed by atoms with Gasteiger partial charge >= 0.3 is 0 Å². The van der Waals surface area contributed by atoms with Gasteiger partial charge in [-0.25, -0.2) is 0 Å². The molecule has 20 heavy (non-hydrogen) atoms. The smallest absolute Gasteiger partial charge is 0.206 e. The van der Waals surface area contributed by atoms with E-state index in [1.165, 1.54) is 5.56 Å². The SMILES string of the molecule is CC(C)CNc1nnc(SCc2ccc(CO)cc2)s1. The van der Waals surface area contributed by atoms with Gasteiger partial charge in [-0.3, -0.25) is 0 Å². The Balaban J connectivity index is 1.84. The Morgan fingerprint density at radius 3 is 2.55 bits per heavy atom. The predicted octanol–water partition coefficient (Wildman–Crippen LogP) is 3.39. The molecule has 0 spiro atoms. The highest BCUT2D eigenvalue weighted by Gasteiger charge is 2.05. The third-order valence-electron chi connectivity index (χ3n) is 2.64. The summed E-state index contributed by atoms with van der Waals surface area (Å²) in [7, 11) is 0. The minimum atomic E-state index is 0.0920. The first-order chi connectivity index (χ1) is 9.67. The standard InChI is InChI=1S/C14H19N3OS2/c1-10(2)7-15-13-16-17-14(20-13)19-9-12-5-3-11(8-18)4-6-12/h3-6,10,18H,7-9H2,1-2H3,(H,15,16). The summed E-state index contributed by atoms with van der Waals surface area (Å²) in [5, 5.41) is 21.5. The Labute approximate surface area is 127 Å². The van der Waals surface area contributed by atoms with E-state index < -0.39 is 0 Å². The molecule has 0 bridgehead atoms. The molecular weight excluding hydrogens is 290 g/mol. The molecule has 2 aromatic rings. The predicted molar refractivity (Wildman–Crippen MR) is 85.2 cm³/mol. The van der Waals surface area contributed by atoms with Gasteiger partial charge in [0.05, 0.1) is 6.61 Å². The van der Waals surface area contributed by atoms with Gasteiger partial charge in [0.2, 0.25) is 5.13 Å². The largest absolute Gasteiger partial charge is 0.392 e. The molecule has 0 saturated carbocycles. The van der Waals surface area contributed by atoms with E-state index in [0.717, 1.165) is 27.3 Å². The Bertz CT molecular complexity index is 525. The van der Waals surface area contributed by atoms with Gasteiger partial charge in [-0.2, -0.15) is 0 Å². The molecule has 1 heterocycles. The normalized spacial score (nSPS) is 11.0. The van der Waals surface area contributed by atoms with Crippen LogP contribution >= 0.6 is 23.1 Å². The molecule has 0 amide bonds. The zero-order valence-electron chi connectivity index (χ0n) is 11.7. The minimum Gasteiger partial charge on any atom is -0.392 e. The van der Waals surface area contributed by atoms with Crippen LogP contribution in [-0.2, 0) is 12.4 Å². The fourth-order valence-corrected chi connectivity index (χ4v) is 3.23. The lowest BCUT2D eigenvalue weighted by Gasteiger charge is -2.03. The summed E-state index contributed by atoms with van der Waals surface area (Å²) in [6.45, 7) is 5.34. The van der Waals surface area contributed by atoms with Crippen LogP contribution in [0.4, 0.5) is 5.13 Å². The molecule has 1 aromatic carbocycles. The number of anilines is 1. The molecule has 0 aliphatic heterocycles. The van der Waals surface area contributed by atoms with E-state index in [2.05, 4.69) is 29.4 Å². The van der Waals surface area contributed by atoms with Crippen molar-refractivity contribution in [3.05, 3.63) is 35.4 Å². The highest BCUT2D eigenvalue weighted by Crippen LogP contribution is 2.28. The van der Waals surface area contributed by atoms with Crippen LogP contribution in [0.3, 0.4) is 0 Å². The van der Waals surface area contributed by atoms with Gasteiger partial charge < -0.3 is 10.4 Å². The van der Waals surface area contributed by atoms with Crippen molar-refractivity contribution in [1.29, 1.82) is 0 Å². The number of thioether (sulfide) groups is 1. The highest BCUT2D eigenvalue weighted by atomic mass is 32.2. The lowest BCUT2D eigenvalue weighted by atomic mass is 10.2. The number of hydrogen-bond donors (Lipinski definition) is 2. The van der Waals surface area contributed by atoms with Crippen LogP contribution in [0.15, 0.2) is 28.6 Å². The maximum absolute atomic E-state index is 9.00. The molecule has 6 heteroatoms. The van der Waals surface area contributed by atoms with Crippen LogP contribution in [0, 0.1) is 5.92 Å². The van der Waals surface area contributed by atoms with Crippen molar-refractivity contribution in [2.24, 2.45) is 5.92 Å². The molecule has 0 unspecified atom stereocenters. The quantitative estimate of drug-likeness (QED) is 0.768. The van der Waals surface area contributed by atoms with E-state index >= 15 is 0 Å². The lowest BCUT2D eigenvalue weighted by molar-refractivity contribution is 0.282. The Morgan fingerprint density at radius 2 is 1.90 bits per heavy atom. The average Bonchev–Trinajstić information content (AvgIpc) is 2.91. The van der Waals surface area contributed by atoms with Crippen LogP contribution < -0.4 is 5.32 Å². The third kappa shape index (κ3) is 4.77. The molecule has 2 rings (SSSR count). The van der Waals surface area contributed by atoms with Crippen LogP contribution in [0.25, 0.3) is 0 Å². The lowest BCUT2D eigenvalue weighted by Crippen LogP contribution is -2.07. The first-order valence-corrected chi connectivity index (χ1v) is 8.36. The zero-order valence-corrected chi connectivity index (χ0v) is 13.3. The van der Waals surface area contributed by atoms with Crippen molar-refractivity contribution in [3.8, 4) is 0 Å². The summed E-state index contributed by atoms with van der Waals surface area (Å²) in [5.41, 5.74) is 2.16. The van der Waals surface area contributed by atoms with E-state index in [1.807, 2.05) is 24.3 Å². The van der Waals surface area contributed by atoms with E-state index in [-0.39, 0.29) is 6.61 Å². The Kier molecular flexibility index (Phi) is 5.82. The second-order valence-electron chi connectivity index (χ2n) is 4.91. The molecule has 108 valence electrons. The van der Waals surface area contributed by atoms with E-state index in [9.17, 15) is 0 Å². The van der Waals surface area contributed by atoms with Crippen molar-refractivity contribution in [2.75, 3.05) is 11.9 Å². The van der Waals surface area contributed by atoms with Crippen LogP contribution in [0.2, 0.25) is 0 Å². The molecule has 0 aliphatic carbocycles. The zero-order chi connectivity index (χ0) is 14.4. The monoisotopic (exact) mass is 309 g/mol. The molecule has 2 N–H and O–H groups in total. The summed E-state index contributed by atoms with van der Waals surface area (Å²) >= 11 is 3.28. The molecule has 0 radical (unpaired) electrons. The first-order valence-electron chi connectivity index (χ1n) is 6.56. The Morgan fingerprint density at radius 1 is 1.20 bits per heavy atom. The number of aromatic nitrogens is 2. The fourth-order valence-electron chi connectivity index (χ4n) is 1.52. The van der Waals surface area contributed by atoms with Crippen molar-refractivity contribution < 1.29 is 5.11 Å². The van der Waals surface area contributed by atoms with Gasteiger partial charge in [0.15, 0.2) is 4.34 Å². The third-order valence-corrected chi connectivity index (χ3v) is 4.72. The number of benzene rings is 1. The maximum atomic E-state index is 9.00. The summed E-state index contributed by atoms with van der Waals surface area (Å²) in [4.78, 5) is 0. The molecule has 0 fully saturated rings. The number of hydrogen-bond acceptors (Lipinski definition) is 6. The summed E-state index contributed by atoms with van der Waals surface area (Å²) in [6.07, 6.45) is 0. The van der Waals surface area contributed by atoms with Crippen molar-refractivity contribution in [1.82, 2.24) is 10.2 Å². The summed E-state index contributed by atoms with van der Waals surface area (Å²) in [5.74, 6) is 1.46. The fraction of sp³-hybridized carbons (Fsp3) is 0.429. The van der Waals surface area contributed by atoms with Gasteiger partial charge in [-0.1, -0.05) is 61.2 Å². The van der Waals surface area contributed by atoms with Crippen LogP contribution in [-0.4, -0.2) is 21.8 Å². The second kappa shape index (κ2) is 7.61. The number of nitrogens with zero attached hydrogens (tertiary/aromatic N) is 2. The number of aliphatic hydroxyl groups excluding tert-OH is 1. The van der Waals surface area contributed by atoms with Crippen molar-refractivity contribution >= 4 is 28.2 Å². The van der Waals surface area contributed by atoms with E-state index in [0.29, 0.717) is 5.92 Å². The van der Waals surface area contributed by atoms with E-state index in [4.69, 9.17) is 5.11 Å². The molecule has 0 aliphatic rings. The molecule has 4 nitrogen and oxygen atoms in total. The van der Waals surface area contributed by atoms with Crippen LogP contribution in [0.5, 0.6) is 0 Å². The van der Waals surface area contributed by atoms with Gasteiger partial charge in [-0.05, 0) is 17.0 Å². The topological polar surface area (TPSA) is 58.0 Å². The summed E-state index contributed by atoms with van der Waals surface area (Å²) in [6, 6.07) is 7.98. The maximum Gasteiger partial charge on any atom is 0.206 e. The number of aliphatic hydroxyl groups is 1. The minimum absolute atomic E-state index is 0.0920. The molecular formula is C14H19N3OS2. The van der Waals surface area contributed by atoms with Crippen molar-refractivity contribution in [2.45, 2.75) is 30.5 Å². The summed E-state index contributed by atoms with van der Waals surface area (Å²) < 4.78 is 0.975. The molecule has 0 atom stereocenters. The average molecular weight is 309 g/mol. The second-order valence-corrected chi connectivity index (χ2v) is 7.11. The van der Waals surface area contributed by atoms with Crippen LogP contribution in [0.1, 0.15) is 25.0 Å². The van der Waals surface area contributed by atoms with Gasteiger partial charge in [0.25, 0.3) is 0 Å². The van der Waals surface area contributed by atoms with Gasteiger partial charge in [-0.15, -0.1) is 10.2 Å². The molecule has 0 saturated heterocycles. The van der Waals surface area contributed by atoms with Crippen molar-refractivity contribution in [3.63, 3.8) is 0 Å². The number of rotatable bonds is 7. The number of nitrogens with one attached hydrogen (secondary N) is 1. The van der Waals surface area contributed by atoms with E-state index in [1.54, 1.807) is 23.1 Å².